The number of anilines is 2. The van der Waals surface area contributed by atoms with Crippen LogP contribution in [0.15, 0.2) is 36.4 Å². The van der Waals surface area contributed by atoms with Crippen LogP contribution in [0.3, 0.4) is 0 Å². The summed E-state index contributed by atoms with van der Waals surface area (Å²) in [5, 5.41) is 0.747. The molecule has 0 aliphatic heterocycles. The molecule has 0 fully saturated rings. The lowest BCUT2D eigenvalue weighted by atomic mass is 10.2. The monoisotopic (exact) mass is 388 g/mol. The van der Waals surface area contributed by atoms with Crippen molar-refractivity contribution in [1.82, 2.24) is 0 Å². The second kappa shape index (κ2) is 7.45. The van der Waals surface area contributed by atoms with Gasteiger partial charge in [-0.15, -0.1) is 0 Å². The normalized spacial score (nSPS) is 11.2. The second-order valence-electron chi connectivity index (χ2n) is 6.15. The zero-order chi connectivity index (χ0) is 18.8. The van der Waals surface area contributed by atoms with E-state index < -0.39 is 23.3 Å². The molecule has 1 N–H and O–H groups in total. The van der Waals surface area contributed by atoms with Gasteiger partial charge in [-0.2, -0.15) is 5.01 Å². The molecule has 0 bridgehead atoms. The van der Waals surface area contributed by atoms with Crippen molar-refractivity contribution < 1.29 is 18.3 Å². The topological polar surface area (TPSA) is 41.6 Å². The van der Waals surface area contributed by atoms with Crippen LogP contribution in [0.5, 0.6) is 0 Å². The minimum Gasteiger partial charge on any atom is -0.442 e. The van der Waals surface area contributed by atoms with Crippen LogP contribution >= 0.6 is 23.2 Å². The smallest absolute Gasteiger partial charge is 0.433 e. The summed E-state index contributed by atoms with van der Waals surface area (Å²) >= 11 is 11.5. The minimum atomic E-state index is -0.763. The van der Waals surface area contributed by atoms with Gasteiger partial charge in [0, 0.05) is 0 Å². The van der Waals surface area contributed by atoms with Crippen molar-refractivity contribution in [2.24, 2.45) is 0 Å². The van der Waals surface area contributed by atoms with E-state index in [-0.39, 0.29) is 15.7 Å². The summed E-state index contributed by atoms with van der Waals surface area (Å²) in [5.41, 5.74) is 2.56. The summed E-state index contributed by atoms with van der Waals surface area (Å²) in [6, 6.07) is 7.58. The molecule has 0 aliphatic rings. The van der Waals surface area contributed by atoms with Crippen molar-refractivity contribution in [1.29, 1.82) is 0 Å². The average Bonchev–Trinajstić information content (AvgIpc) is 2.49. The van der Waals surface area contributed by atoms with Crippen LogP contribution in [0, 0.1) is 11.6 Å². The van der Waals surface area contributed by atoms with Crippen LogP contribution in [0.2, 0.25) is 10.0 Å². The summed E-state index contributed by atoms with van der Waals surface area (Å²) in [5.74, 6) is -1.22. The Balaban J connectivity index is 2.38. The molecule has 0 heterocycles. The Morgan fingerprint density at radius 3 is 2.12 bits per heavy atom. The Hall–Kier alpha value is -2.05. The van der Waals surface area contributed by atoms with Crippen LogP contribution in [0.4, 0.5) is 25.0 Å². The standard InChI is InChI=1S/C17H16Cl2F2N2O2/c1-17(2,3)25-16(24)23(11-5-7-15(21)13(19)9-11)22-10-4-6-14(20)12(18)8-10/h4-9,22H,1-3H3. The third-order valence-corrected chi connectivity index (χ3v) is 3.48. The number of halogens is 4. The number of rotatable bonds is 3. The SMILES string of the molecule is CC(C)(C)OC(=O)N(Nc1ccc(F)c(Cl)c1)c1ccc(F)c(Cl)c1. The van der Waals surface area contributed by atoms with Gasteiger partial charge in [0.15, 0.2) is 0 Å². The number of ether oxygens (including phenoxy) is 1. The summed E-state index contributed by atoms with van der Waals surface area (Å²) < 4.78 is 32.1. The maximum absolute atomic E-state index is 13.4. The van der Waals surface area contributed by atoms with Crippen molar-refractivity contribution in [2.45, 2.75) is 26.4 Å². The van der Waals surface area contributed by atoms with E-state index in [9.17, 15) is 13.6 Å². The highest BCUT2D eigenvalue weighted by atomic mass is 35.5. The first kappa shape index (κ1) is 19.3. The van der Waals surface area contributed by atoms with Gasteiger partial charge in [0.2, 0.25) is 0 Å². The minimum absolute atomic E-state index is 0.119. The van der Waals surface area contributed by atoms with Crippen LogP contribution in [0.25, 0.3) is 0 Å². The zero-order valence-electron chi connectivity index (χ0n) is 13.7. The third kappa shape index (κ3) is 5.21. The highest BCUT2D eigenvalue weighted by molar-refractivity contribution is 6.31. The van der Waals surface area contributed by atoms with Gasteiger partial charge < -0.3 is 4.74 Å². The van der Waals surface area contributed by atoms with Crippen LogP contribution in [0.1, 0.15) is 20.8 Å². The highest BCUT2D eigenvalue weighted by Crippen LogP contribution is 2.26. The molecule has 2 aromatic carbocycles. The van der Waals surface area contributed by atoms with Gasteiger partial charge in [-0.3, -0.25) is 5.43 Å². The second-order valence-corrected chi connectivity index (χ2v) is 6.97. The van der Waals surface area contributed by atoms with Crippen LogP contribution < -0.4 is 10.4 Å². The van der Waals surface area contributed by atoms with Crippen molar-refractivity contribution in [3.05, 3.63) is 58.1 Å². The quantitative estimate of drug-likeness (QED) is 0.651. The van der Waals surface area contributed by atoms with Crippen LogP contribution in [-0.2, 0) is 4.74 Å². The fraction of sp³-hybridized carbons (Fsp3) is 0.235. The molecule has 0 aromatic heterocycles. The number of nitrogens with zero attached hydrogens (tertiary/aromatic N) is 1. The number of benzene rings is 2. The van der Waals surface area contributed by atoms with Gasteiger partial charge in [-0.25, -0.2) is 13.6 Å². The maximum Gasteiger partial charge on any atom is 0.433 e. The molecule has 1 amide bonds. The molecular weight excluding hydrogens is 373 g/mol. The molecule has 0 spiro atoms. The van der Waals surface area contributed by atoms with Gasteiger partial charge in [0.1, 0.15) is 17.2 Å². The fourth-order valence-corrected chi connectivity index (χ4v) is 2.20. The number of carbonyl (C=O) groups is 1. The van der Waals surface area contributed by atoms with E-state index in [0.29, 0.717) is 5.69 Å². The van der Waals surface area contributed by atoms with Gasteiger partial charge in [-0.05, 0) is 57.2 Å². The predicted molar refractivity (Wildman–Crippen MR) is 95.2 cm³/mol. The molecule has 2 aromatic rings. The molecule has 25 heavy (non-hydrogen) atoms. The van der Waals surface area contributed by atoms with Gasteiger partial charge in [0.25, 0.3) is 0 Å². The van der Waals surface area contributed by atoms with Crippen molar-refractivity contribution in [2.75, 3.05) is 10.4 Å². The highest BCUT2D eigenvalue weighted by Gasteiger charge is 2.24. The van der Waals surface area contributed by atoms with E-state index in [1.54, 1.807) is 20.8 Å². The lowest BCUT2D eigenvalue weighted by Gasteiger charge is -2.28. The van der Waals surface area contributed by atoms with Gasteiger partial charge in [-0.1, -0.05) is 23.2 Å². The molecule has 0 saturated heterocycles. The molecule has 8 heteroatoms. The Labute approximate surface area is 154 Å². The fourth-order valence-electron chi connectivity index (χ4n) is 1.84. The molecule has 0 atom stereocenters. The number of hydrogen-bond acceptors (Lipinski definition) is 3. The molecule has 0 aliphatic carbocycles. The van der Waals surface area contributed by atoms with E-state index in [2.05, 4.69) is 5.43 Å². The first-order valence-corrected chi connectivity index (χ1v) is 8.02. The van der Waals surface area contributed by atoms with Crippen molar-refractivity contribution in [3.63, 3.8) is 0 Å². The molecule has 0 unspecified atom stereocenters. The van der Waals surface area contributed by atoms with Gasteiger partial charge >= 0.3 is 6.09 Å². The molecule has 0 radical (unpaired) electrons. The number of hydrogen-bond donors (Lipinski definition) is 1. The number of amides is 1. The maximum atomic E-state index is 13.4. The van der Waals surface area contributed by atoms with Crippen LogP contribution in [-0.4, -0.2) is 11.7 Å². The largest absolute Gasteiger partial charge is 0.442 e. The number of nitrogens with one attached hydrogen (secondary N) is 1. The lowest BCUT2D eigenvalue weighted by molar-refractivity contribution is 0.0589. The van der Waals surface area contributed by atoms with Crippen molar-refractivity contribution >= 4 is 40.7 Å². The number of hydrazine groups is 1. The molecule has 2 rings (SSSR count). The predicted octanol–water partition coefficient (Wildman–Crippen LogP) is 6.04. The Kier molecular flexibility index (Phi) is 5.75. The summed E-state index contributed by atoms with van der Waals surface area (Å²) in [6.45, 7) is 5.11. The molecule has 4 nitrogen and oxygen atoms in total. The first-order chi connectivity index (χ1) is 11.6. The van der Waals surface area contributed by atoms with Gasteiger partial charge in [0.05, 0.1) is 21.4 Å². The number of carbonyl (C=O) groups excluding carboxylic acids is 1. The summed E-state index contributed by atoms with van der Waals surface area (Å²) in [4.78, 5) is 12.5. The van der Waals surface area contributed by atoms with E-state index in [0.717, 1.165) is 17.1 Å². The van der Waals surface area contributed by atoms with Crippen molar-refractivity contribution in [3.8, 4) is 0 Å². The summed E-state index contributed by atoms with van der Waals surface area (Å²) in [7, 11) is 0. The van der Waals surface area contributed by atoms with E-state index >= 15 is 0 Å². The molecular formula is C17H16Cl2F2N2O2. The Morgan fingerprint density at radius 2 is 1.60 bits per heavy atom. The third-order valence-electron chi connectivity index (χ3n) is 2.90. The Bertz CT molecular complexity index is 795. The summed E-state index contributed by atoms with van der Waals surface area (Å²) in [6.07, 6.45) is -0.754. The zero-order valence-corrected chi connectivity index (χ0v) is 15.3. The lowest BCUT2D eigenvalue weighted by Crippen LogP contribution is -2.40. The van der Waals surface area contributed by atoms with E-state index in [1.807, 2.05) is 0 Å². The molecule has 0 saturated carbocycles. The average molecular weight is 389 g/mol. The molecule has 134 valence electrons. The van der Waals surface area contributed by atoms with E-state index in [4.69, 9.17) is 27.9 Å². The first-order valence-electron chi connectivity index (χ1n) is 7.27. The van der Waals surface area contributed by atoms with E-state index in [1.165, 1.54) is 24.3 Å². The Morgan fingerprint density at radius 1 is 1.04 bits per heavy atom.